The van der Waals surface area contributed by atoms with Gasteiger partial charge in [0.15, 0.2) is 5.76 Å². The predicted molar refractivity (Wildman–Crippen MR) is 88.2 cm³/mol. The molecule has 3 aromatic rings. The molecule has 0 aliphatic carbocycles. The summed E-state index contributed by atoms with van der Waals surface area (Å²) in [5.41, 5.74) is 2.80. The normalized spacial score (nSPS) is 11.7. The van der Waals surface area contributed by atoms with Crippen LogP contribution in [0.15, 0.2) is 47.1 Å². The third-order valence-electron chi connectivity index (χ3n) is 4.17. The van der Waals surface area contributed by atoms with Crippen LogP contribution in [0, 0.1) is 6.92 Å². The van der Waals surface area contributed by atoms with Gasteiger partial charge in [0, 0.05) is 5.56 Å². The number of hydrogen-bond donors (Lipinski definition) is 1. The maximum Gasteiger partial charge on any atom is 0.416 e. The van der Waals surface area contributed by atoms with Gasteiger partial charge in [0.1, 0.15) is 5.75 Å². The SMILES string of the molecule is CCc1cc(-c2oncc2-c2ccc(C(F)(F)F)cc2)c(O)cc1C. The van der Waals surface area contributed by atoms with E-state index in [1.807, 2.05) is 19.9 Å². The molecule has 3 nitrogen and oxygen atoms in total. The van der Waals surface area contributed by atoms with Crippen molar-refractivity contribution >= 4 is 0 Å². The number of aromatic nitrogens is 1. The van der Waals surface area contributed by atoms with Gasteiger partial charge in [-0.25, -0.2) is 0 Å². The van der Waals surface area contributed by atoms with E-state index in [1.165, 1.54) is 18.3 Å². The van der Waals surface area contributed by atoms with Crippen LogP contribution < -0.4 is 0 Å². The van der Waals surface area contributed by atoms with Crippen molar-refractivity contribution in [3.63, 3.8) is 0 Å². The number of aromatic hydroxyl groups is 1. The van der Waals surface area contributed by atoms with Crippen molar-refractivity contribution in [1.29, 1.82) is 0 Å². The zero-order valence-electron chi connectivity index (χ0n) is 13.7. The molecular formula is C19H16F3NO2. The van der Waals surface area contributed by atoms with Crippen LogP contribution in [0.1, 0.15) is 23.6 Å². The third kappa shape index (κ3) is 3.24. The second-order valence-corrected chi connectivity index (χ2v) is 5.79. The molecule has 0 saturated carbocycles. The van der Waals surface area contributed by atoms with Gasteiger partial charge in [-0.05, 0) is 54.3 Å². The highest BCUT2D eigenvalue weighted by molar-refractivity contribution is 5.82. The Bertz CT molecular complexity index is 896. The Balaban J connectivity index is 2.07. The molecule has 0 amide bonds. The molecule has 0 spiro atoms. The molecule has 0 aliphatic rings. The first-order valence-corrected chi connectivity index (χ1v) is 7.76. The highest BCUT2D eigenvalue weighted by Gasteiger charge is 2.30. The molecular weight excluding hydrogens is 331 g/mol. The Kier molecular flexibility index (Phi) is 4.29. The second-order valence-electron chi connectivity index (χ2n) is 5.79. The summed E-state index contributed by atoms with van der Waals surface area (Å²) in [5.74, 6) is 0.367. The standard InChI is InChI=1S/C19H16F3NO2/c1-3-12-9-15(17(24)8-11(12)2)18-16(10-23-25-18)13-4-6-14(7-5-13)19(20,21)22/h4-10,24H,3H2,1-2H3. The molecule has 3 rings (SSSR count). The van der Waals surface area contributed by atoms with Gasteiger partial charge >= 0.3 is 6.18 Å². The molecule has 1 N–H and O–H groups in total. The molecule has 130 valence electrons. The Morgan fingerprint density at radius 3 is 2.36 bits per heavy atom. The van der Waals surface area contributed by atoms with Crippen LogP contribution in [0.2, 0.25) is 0 Å². The molecule has 0 bridgehead atoms. The summed E-state index contributed by atoms with van der Waals surface area (Å²) >= 11 is 0. The largest absolute Gasteiger partial charge is 0.507 e. The Labute approximate surface area is 142 Å². The minimum Gasteiger partial charge on any atom is -0.507 e. The van der Waals surface area contributed by atoms with E-state index in [-0.39, 0.29) is 5.75 Å². The molecule has 0 unspecified atom stereocenters. The van der Waals surface area contributed by atoms with Crippen molar-refractivity contribution in [2.24, 2.45) is 0 Å². The lowest BCUT2D eigenvalue weighted by Crippen LogP contribution is -2.03. The summed E-state index contributed by atoms with van der Waals surface area (Å²) in [6.45, 7) is 3.90. The highest BCUT2D eigenvalue weighted by Crippen LogP contribution is 2.39. The first-order chi connectivity index (χ1) is 11.8. The molecule has 6 heteroatoms. The van der Waals surface area contributed by atoms with Crippen LogP contribution in [-0.4, -0.2) is 10.3 Å². The second kappa shape index (κ2) is 6.27. The fourth-order valence-electron chi connectivity index (χ4n) is 2.78. The van der Waals surface area contributed by atoms with Crippen molar-refractivity contribution in [1.82, 2.24) is 5.16 Å². The summed E-state index contributed by atoms with van der Waals surface area (Å²) in [6.07, 6.45) is -2.17. The number of phenols is 1. The summed E-state index contributed by atoms with van der Waals surface area (Å²) in [7, 11) is 0. The number of alkyl halides is 3. The fourth-order valence-corrected chi connectivity index (χ4v) is 2.78. The Morgan fingerprint density at radius 2 is 1.76 bits per heavy atom. The van der Waals surface area contributed by atoms with Crippen LogP contribution >= 0.6 is 0 Å². The third-order valence-corrected chi connectivity index (χ3v) is 4.17. The molecule has 0 aliphatic heterocycles. The monoisotopic (exact) mass is 347 g/mol. The van der Waals surface area contributed by atoms with Gasteiger partial charge < -0.3 is 9.63 Å². The quantitative estimate of drug-likeness (QED) is 0.670. The number of nitrogens with zero attached hydrogens (tertiary/aromatic N) is 1. The number of halogens is 3. The lowest BCUT2D eigenvalue weighted by Gasteiger charge is -2.10. The van der Waals surface area contributed by atoms with E-state index in [0.717, 1.165) is 29.7 Å². The summed E-state index contributed by atoms with van der Waals surface area (Å²) in [4.78, 5) is 0. The molecule has 1 aromatic heterocycles. The minimum absolute atomic E-state index is 0.0413. The van der Waals surface area contributed by atoms with E-state index in [1.54, 1.807) is 6.07 Å². The van der Waals surface area contributed by atoms with E-state index < -0.39 is 11.7 Å². The summed E-state index contributed by atoms with van der Waals surface area (Å²) in [6, 6.07) is 8.22. The topological polar surface area (TPSA) is 46.3 Å². The van der Waals surface area contributed by atoms with Crippen molar-refractivity contribution in [2.45, 2.75) is 26.4 Å². The van der Waals surface area contributed by atoms with Crippen molar-refractivity contribution in [3.05, 3.63) is 59.3 Å². The van der Waals surface area contributed by atoms with E-state index in [0.29, 0.717) is 22.5 Å². The van der Waals surface area contributed by atoms with Gasteiger partial charge in [-0.2, -0.15) is 13.2 Å². The van der Waals surface area contributed by atoms with Crippen LogP contribution in [-0.2, 0) is 12.6 Å². The van der Waals surface area contributed by atoms with E-state index in [4.69, 9.17) is 4.52 Å². The van der Waals surface area contributed by atoms with Gasteiger partial charge in [-0.3, -0.25) is 0 Å². The van der Waals surface area contributed by atoms with Crippen LogP contribution in [0.5, 0.6) is 5.75 Å². The summed E-state index contributed by atoms with van der Waals surface area (Å²) in [5, 5.41) is 14.0. The minimum atomic E-state index is -4.39. The van der Waals surface area contributed by atoms with Crippen LogP contribution in [0.4, 0.5) is 13.2 Å². The number of rotatable bonds is 3. The average molecular weight is 347 g/mol. The van der Waals surface area contributed by atoms with E-state index in [2.05, 4.69) is 5.16 Å². The van der Waals surface area contributed by atoms with Gasteiger partial charge in [0.2, 0.25) is 0 Å². The molecule has 0 radical (unpaired) electrons. The maximum absolute atomic E-state index is 12.7. The van der Waals surface area contributed by atoms with Crippen molar-refractivity contribution in [2.75, 3.05) is 0 Å². The van der Waals surface area contributed by atoms with Gasteiger partial charge in [0.25, 0.3) is 0 Å². The first kappa shape index (κ1) is 17.1. The molecule has 0 fully saturated rings. The predicted octanol–water partition coefficient (Wildman–Crippen LogP) is 5.60. The van der Waals surface area contributed by atoms with Crippen LogP contribution in [0.25, 0.3) is 22.5 Å². The van der Waals surface area contributed by atoms with Crippen molar-refractivity contribution < 1.29 is 22.8 Å². The average Bonchev–Trinajstić information content (AvgIpc) is 3.03. The zero-order valence-corrected chi connectivity index (χ0v) is 13.7. The van der Waals surface area contributed by atoms with Gasteiger partial charge in [-0.15, -0.1) is 0 Å². The van der Waals surface area contributed by atoms with E-state index in [9.17, 15) is 18.3 Å². The fraction of sp³-hybridized carbons (Fsp3) is 0.211. The van der Waals surface area contributed by atoms with E-state index >= 15 is 0 Å². The lowest BCUT2D eigenvalue weighted by atomic mass is 9.96. The van der Waals surface area contributed by atoms with Crippen LogP contribution in [0.3, 0.4) is 0 Å². The molecule has 0 saturated heterocycles. The zero-order chi connectivity index (χ0) is 18.2. The Morgan fingerprint density at radius 1 is 1.08 bits per heavy atom. The van der Waals surface area contributed by atoms with Crippen molar-refractivity contribution in [3.8, 4) is 28.2 Å². The molecule has 1 heterocycles. The maximum atomic E-state index is 12.7. The molecule has 25 heavy (non-hydrogen) atoms. The summed E-state index contributed by atoms with van der Waals surface area (Å²) < 4.78 is 43.4. The Hall–Kier alpha value is -2.76. The smallest absolute Gasteiger partial charge is 0.416 e. The first-order valence-electron chi connectivity index (χ1n) is 7.76. The van der Waals surface area contributed by atoms with Gasteiger partial charge in [-0.1, -0.05) is 24.2 Å². The van der Waals surface area contributed by atoms with Gasteiger partial charge in [0.05, 0.1) is 17.3 Å². The number of phenolic OH excluding ortho intramolecular Hbond substituents is 1. The highest BCUT2D eigenvalue weighted by atomic mass is 19.4. The number of benzene rings is 2. The molecule has 2 aromatic carbocycles. The molecule has 0 atom stereocenters. The number of aryl methyl sites for hydroxylation is 2. The number of hydrogen-bond acceptors (Lipinski definition) is 3. The lowest BCUT2D eigenvalue weighted by molar-refractivity contribution is -0.137.